The van der Waals surface area contributed by atoms with E-state index < -0.39 is 0 Å². The number of hydrogen-bond acceptors (Lipinski definition) is 0. The van der Waals surface area contributed by atoms with E-state index in [0.717, 1.165) is 0 Å². The maximum absolute atomic E-state index is 3.25. The van der Waals surface area contributed by atoms with Gasteiger partial charge in [0.05, 0.1) is 49.3 Å². The number of rotatable bonds is 0. The van der Waals surface area contributed by atoms with Crippen molar-refractivity contribution in [2.45, 2.75) is 50.0 Å². The molecule has 0 unspecified atom stereocenters. The van der Waals surface area contributed by atoms with Gasteiger partial charge in [0, 0.05) is 0 Å². The lowest BCUT2D eigenvalue weighted by molar-refractivity contribution is -0.475. The normalized spacial score (nSPS) is 7.80. The molecule has 4 heteroatoms. The van der Waals surface area contributed by atoms with Crippen molar-refractivity contribution in [2.24, 2.45) is 5.41 Å². The number of hydrogen-bond donors (Lipinski definition) is 1. The predicted molar refractivity (Wildman–Crippen MR) is 98.6 cm³/mol. The van der Waals surface area contributed by atoms with Crippen LogP contribution in [0.1, 0.15) is 50.0 Å². The molecule has 0 aliphatic rings. The van der Waals surface area contributed by atoms with Crippen LogP contribution in [0.15, 0.2) is 0 Å². The van der Waals surface area contributed by atoms with Gasteiger partial charge in [0.1, 0.15) is 0 Å². The van der Waals surface area contributed by atoms with Gasteiger partial charge in [-0.1, -0.05) is 50.0 Å². The zero-order chi connectivity index (χ0) is 14.8. The van der Waals surface area contributed by atoms with Crippen molar-refractivity contribution in [2.75, 3.05) is 49.3 Å². The Balaban J connectivity index is -0.0000000428. The third kappa shape index (κ3) is 36.0. The van der Waals surface area contributed by atoms with E-state index in [4.69, 9.17) is 0 Å². The molecule has 0 aliphatic heterocycles. The van der Waals surface area contributed by atoms with E-state index >= 15 is 0 Å². The molecule has 0 saturated heterocycles. The van der Waals surface area contributed by atoms with Crippen LogP contribution < -0.4 is 5.73 Å². The van der Waals surface area contributed by atoms with Gasteiger partial charge in [0.15, 0.2) is 0 Å². The van der Waals surface area contributed by atoms with E-state index in [1.165, 1.54) is 5.96 Å². The topological polar surface area (TPSA) is 37.1 Å². The molecule has 0 spiro atoms. The summed E-state index contributed by atoms with van der Waals surface area (Å²) >= 11 is 0. The second kappa shape index (κ2) is 18.2. The molecule has 0 heterocycles. The van der Waals surface area contributed by atoms with Crippen molar-refractivity contribution in [3.8, 4) is 0 Å². The molecule has 0 atom stereocenters. The third-order valence-corrected chi connectivity index (χ3v) is 1.20. The molecule has 0 radical (unpaired) electrons. The van der Waals surface area contributed by atoms with Crippen LogP contribution >= 0.6 is 0 Å². The smallest absolute Gasteiger partial charge is 0.349 e. The van der Waals surface area contributed by atoms with Crippen molar-refractivity contribution >= 4 is 5.96 Å². The predicted octanol–water partition coefficient (Wildman–Crippen LogP) is 2.56. The van der Waals surface area contributed by atoms with E-state index in [1.54, 1.807) is 7.05 Å². The van der Waals surface area contributed by atoms with Crippen molar-refractivity contribution in [1.29, 1.82) is 0 Å². The van der Waals surface area contributed by atoms with Gasteiger partial charge >= 0.3 is 5.96 Å². The Morgan fingerprint density at radius 2 is 0.900 bits per heavy atom. The Bertz CT molecular complexity index is 181. The summed E-state index contributed by atoms with van der Waals surface area (Å²) < 4.78 is 2.08. The van der Waals surface area contributed by atoms with Gasteiger partial charge < -0.3 is 5.73 Å². The first-order chi connectivity index (χ1) is 7.46. The first kappa shape index (κ1) is 36.5. The fourth-order valence-corrected chi connectivity index (χ4v) is 1.20. The van der Waals surface area contributed by atoms with E-state index in [-0.39, 0.29) is 22.3 Å². The van der Waals surface area contributed by atoms with Crippen LogP contribution in [0.25, 0.3) is 0 Å². The largest absolute Gasteiger partial charge is 0.360 e. The van der Waals surface area contributed by atoms with Crippen molar-refractivity contribution in [3.05, 3.63) is 0 Å². The van der Waals surface area contributed by atoms with Gasteiger partial charge in [0.2, 0.25) is 0 Å². The van der Waals surface area contributed by atoms with E-state index in [9.17, 15) is 0 Å². The van der Waals surface area contributed by atoms with Gasteiger partial charge in [-0.25, -0.2) is 0 Å². The van der Waals surface area contributed by atoms with E-state index in [0.29, 0.717) is 5.41 Å². The van der Waals surface area contributed by atoms with Crippen LogP contribution in [-0.2, 0) is 0 Å². The fraction of sp³-hybridized carbons (Fsp3) is 0.938. The highest BCUT2D eigenvalue weighted by Gasteiger charge is 2.12. The first-order valence-electron chi connectivity index (χ1n) is 6.06. The highest BCUT2D eigenvalue weighted by molar-refractivity contribution is 5.73. The van der Waals surface area contributed by atoms with Crippen LogP contribution in [0.4, 0.5) is 0 Å². The molecule has 0 bridgehead atoms. The van der Waals surface area contributed by atoms with Crippen LogP contribution in [0.2, 0.25) is 0 Å². The molecular formula is C16H48N4+2. The molecule has 0 amide bonds. The van der Waals surface area contributed by atoms with E-state index in [2.05, 4.69) is 47.8 Å². The highest BCUT2D eigenvalue weighted by Crippen LogP contribution is 2.08. The lowest BCUT2D eigenvalue weighted by atomic mass is 10.0. The average Bonchev–Trinajstić information content (AvgIpc) is 2.01. The second-order valence-corrected chi connectivity index (χ2v) is 5.98. The maximum Gasteiger partial charge on any atom is 0.349 e. The number of nitrogens with zero attached hydrogens (tertiary/aromatic N) is 3. The average molecular weight is 297 g/mol. The molecule has 130 valence electrons. The van der Waals surface area contributed by atoms with Crippen LogP contribution in [0.3, 0.4) is 0 Å². The quantitative estimate of drug-likeness (QED) is 0.424. The Kier molecular flexibility index (Phi) is 33.3. The lowest BCUT2D eigenvalue weighted by Gasteiger charge is -2.16. The SMILES string of the molecule is C.C.C.CC(C)(C)C.CN(C)C(N(C)C)=[N+](C)C.C[NH3+]. The molecule has 0 rings (SSSR count). The minimum absolute atomic E-state index is 0. The van der Waals surface area contributed by atoms with Crippen molar-refractivity contribution < 1.29 is 10.3 Å². The summed E-state index contributed by atoms with van der Waals surface area (Å²) in [6.07, 6.45) is 0. The molecule has 3 N–H and O–H groups in total. The van der Waals surface area contributed by atoms with Gasteiger partial charge in [0.25, 0.3) is 0 Å². The van der Waals surface area contributed by atoms with Crippen molar-refractivity contribution in [1.82, 2.24) is 9.80 Å². The molecule has 4 nitrogen and oxygen atoms in total. The monoisotopic (exact) mass is 296 g/mol. The summed E-state index contributed by atoms with van der Waals surface area (Å²) in [5.74, 6) is 1.19. The Morgan fingerprint density at radius 3 is 0.900 bits per heavy atom. The van der Waals surface area contributed by atoms with Gasteiger partial charge in [-0.15, -0.1) is 0 Å². The molecule has 0 fully saturated rings. The Morgan fingerprint density at radius 1 is 0.750 bits per heavy atom. The molecular weight excluding hydrogens is 248 g/mol. The number of guanidine groups is 1. The summed E-state index contributed by atoms with van der Waals surface area (Å²) in [4.78, 5) is 4.17. The molecule has 0 aromatic carbocycles. The zero-order valence-corrected chi connectivity index (χ0v) is 14.0. The molecule has 0 aromatic rings. The summed E-state index contributed by atoms with van der Waals surface area (Å²) in [6.45, 7) is 8.75. The minimum atomic E-state index is 0. The first-order valence-corrected chi connectivity index (χ1v) is 6.06. The molecule has 20 heavy (non-hydrogen) atoms. The molecule has 0 aromatic heterocycles. The minimum Gasteiger partial charge on any atom is -0.360 e. The van der Waals surface area contributed by atoms with Crippen LogP contribution in [-0.4, -0.2) is 69.7 Å². The summed E-state index contributed by atoms with van der Waals surface area (Å²) in [5.41, 5.74) is 3.75. The standard InChI is InChI=1S/C7H18N3.C5H12.CH5N.3CH4/c1-8(2)7(9(3)4)10(5)6;1-5(2,3)4;1-2;;;/h1-6H3;1-4H3;2H2,1H3;3*1H4/q+1;;;;;/p+1. The van der Waals surface area contributed by atoms with Crippen LogP contribution in [0.5, 0.6) is 0 Å². The Hall–Kier alpha value is -0.770. The number of quaternary nitrogens is 1. The van der Waals surface area contributed by atoms with Gasteiger partial charge in [-0.2, -0.15) is 0 Å². The van der Waals surface area contributed by atoms with Gasteiger partial charge in [-0.3, -0.25) is 14.4 Å². The fourth-order valence-electron chi connectivity index (χ4n) is 1.20. The Labute approximate surface area is 131 Å². The highest BCUT2D eigenvalue weighted by atomic mass is 15.4. The van der Waals surface area contributed by atoms with E-state index in [1.807, 2.05) is 42.3 Å². The summed E-state index contributed by atoms with van der Waals surface area (Å²) in [7, 11) is 14.0. The zero-order valence-electron chi connectivity index (χ0n) is 14.0. The summed E-state index contributed by atoms with van der Waals surface area (Å²) in [6, 6.07) is 0. The third-order valence-electron chi connectivity index (χ3n) is 1.20. The molecule has 0 aliphatic carbocycles. The summed E-state index contributed by atoms with van der Waals surface area (Å²) in [5, 5.41) is 0. The van der Waals surface area contributed by atoms with Gasteiger partial charge in [-0.05, 0) is 5.41 Å². The lowest BCUT2D eigenvalue weighted by Crippen LogP contribution is -2.40. The van der Waals surface area contributed by atoms with Crippen molar-refractivity contribution in [3.63, 3.8) is 0 Å². The second-order valence-electron chi connectivity index (χ2n) is 5.98. The molecule has 0 saturated carbocycles. The van der Waals surface area contributed by atoms with Crippen LogP contribution in [0, 0.1) is 5.41 Å². The maximum atomic E-state index is 3.25.